The molecule has 0 aromatic heterocycles. The highest BCUT2D eigenvalue weighted by Gasteiger charge is 2.29. The maximum atomic E-state index is 14.0. The van der Waals surface area contributed by atoms with Crippen LogP contribution in [0.25, 0.3) is 0 Å². The minimum Gasteiger partial charge on any atom is -0.368 e. The third kappa shape index (κ3) is 4.19. The average molecular weight is 292 g/mol. The lowest BCUT2D eigenvalue weighted by Crippen LogP contribution is -2.45. The maximum Gasteiger partial charge on any atom is 0.125 e. The van der Waals surface area contributed by atoms with Gasteiger partial charge in [0.15, 0.2) is 0 Å². The molecule has 1 heterocycles. The molecule has 1 aliphatic rings. The monoisotopic (exact) mass is 292 g/mol. The van der Waals surface area contributed by atoms with Gasteiger partial charge in [0, 0.05) is 24.8 Å². The Bertz CT molecular complexity index is 461. The van der Waals surface area contributed by atoms with Gasteiger partial charge in [-0.2, -0.15) is 0 Å². The molecule has 0 radical (unpaired) electrons. The van der Waals surface area contributed by atoms with Crippen LogP contribution in [0.15, 0.2) is 18.2 Å². The van der Waals surface area contributed by atoms with Crippen LogP contribution >= 0.6 is 0 Å². The number of benzene rings is 1. The number of rotatable bonds is 5. The van der Waals surface area contributed by atoms with E-state index in [1.54, 1.807) is 12.1 Å². The molecule has 2 rings (SSSR count). The topological polar surface area (TPSA) is 15.3 Å². The quantitative estimate of drug-likeness (QED) is 0.818. The van der Waals surface area contributed by atoms with E-state index in [1.165, 1.54) is 6.42 Å². The van der Waals surface area contributed by atoms with Crippen molar-refractivity contribution >= 4 is 5.69 Å². The van der Waals surface area contributed by atoms with E-state index in [0.29, 0.717) is 17.9 Å². The van der Waals surface area contributed by atoms with E-state index in [4.69, 9.17) is 0 Å². The van der Waals surface area contributed by atoms with Crippen molar-refractivity contribution in [3.63, 3.8) is 0 Å². The Kier molecular flexibility index (Phi) is 5.63. The number of halogens is 1. The van der Waals surface area contributed by atoms with Crippen LogP contribution in [0, 0.1) is 17.7 Å². The highest BCUT2D eigenvalue weighted by Crippen LogP contribution is 2.32. The summed E-state index contributed by atoms with van der Waals surface area (Å²) in [5.74, 6) is 1.19. The van der Waals surface area contributed by atoms with Gasteiger partial charge < -0.3 is 10.2 Å². The lowest BCUT2D eigenvalue weighted by molar-refractivity contribution is 0.297. The minimum atomic E-state index is -0.126. The predicted molar refractivity (Wildman–Crippen MR) is 88.2 cm³/mol. The first kappa shape index (κ1) is 16.3. The van der Waals surface area contributed by atoms with E-state index >= 15 is 0 Å². The van der Waals surface area contributed by atoms with Crippen molar-refractivity contribution < 1.29 is 4.39 Å². The molecule has 1 aliphatic heterocycles. The van der Waals surface area contributed by atoms with E-state index in [-0.39, 0.29) is 5.82 Å². The highest BCUT2D eigenvalue weighted by molar-refractivity contribution is 5.50. The second-order valence-electron chi connectivity index (χ2n) is 6.71. The van der Waals surface area contributed by atoms with E-state index in [0.717, 1.165) is 37.3 Å². The van der Waals surface area contributed by atoms with E-state index < -0.39 is 0 Å². The number of nitrogens with one attached hydrogen (secondary N) is 1. The molecule has 0 spiro atoms. The maximum absolute atomic E-state index is 14.0. The Labute approximate surface area is 128 Å². The molecule has 0 amide bonds. The molecule has 1 saturated heterocycles. The summed E-state index contributed by atoms with van der Waals surface area (Å²) in [5, 5.41) is 3.35. The molecule has 1 aromatic rings. The van der Waals surface area contributed by atoms with Crippen molar-refractivity contribution in [2.75, 3.05) is 18.0 Å². The zero-order valence-corrected chi connectivity index (χ0v) is 13.8. The van der Waals surface area contributed by atoms with E-state index in [1.807, 2.05) is 0 Å². The summed E-state index contributed by atoms with van der Waals surface area (Å²) in [6, 6.07) is 5.95. The average Bonchev–Trinajstić information content (AvgIpc) is 2.42. The van der Waals surface area contributed by atoms with Crippen LogP contribution in [0.2, 0.25) is 0 Å². The number of hydrogen-bond acceptors (Lipinski definition) is 2. The Balaban J connectivity index is 2.17. The van der Waals surface area contributed by atoms with Gasteiger partial charge in [-0.25, -0.2) is 4.39 Å². The number of hydrogen-bond donors (Lipinski definition) is 1. The molecule has 3 unspecified atom stereocenters. The molecular weight excluding hydrogens is 263 g/mol. The Hall–Kier alpha value is -1.09. The Morgan fingerprint density at radius 3 is 2.71 bits per heavy atom. The van der Waals surface area contributed by atoms with Gasteiger partial charge in [0.05, 0.1) is 0 Å². The minimum absolute atomic E-state index is 0.126. The SMILES string of the molecule is CCCNCc1cc(F)cc(N2CC(C)CC(C)C2C)c1. The second kappa shape index (κ2) is 7.26. The number of anilines is 1. The normalized spacial score (nSPS) is 26.1. The van der Waals surface area contributed by atoms with Gasteiger partial charge in [0.1, 0.15) is 5.82 Å². The molecule has 1 aromatic carbocycles. The van der Waals surface area contributed by atoms with Gasteiger partial charge in [0.25, 0.3) is 0 Å². The van der Waals surface area contributed by atoms with Crippen LogP contribution < -0.4 is 10.2 Å². The predicted octanol–water partition coefficient (Wildman–Crippen LogP) is 4.20. The van der Waals surface area contributed by atoms with Gasteiger partial charge in [-0.05, 0) is 61.9 Å². The van der Waals surface area contributed by atoms with Crippen LogP contribution in [0.3, 0.4) is 0 Å². The molecule has 1 N–H and O–H groups in total. The summed E-state index contributed by atoms with van der Waals surface area (Å²) < 4.78 is 14.0. The molecule has 118 valence electrons. The van der Waals surface area contributed by atoms with Gasteiger partial charge in [0.2, 0.25) is 0 Å². The lowest BCUT2D eigenvalue weighted by Gasteiger charge is -2.42. The summed E-state index contributed by atoms with van der Waals surface area (Å²) in [6.07, 6.45) is 2.36. The zero-order chi connectivity index (χ0) is 15.4. The first-order valence-corrected chi connectivity index (χ1v) is 8.28. The molecule has 0 saturated carbocycles. The van der Waals surface area contributed by atoms with Crippen molar-refractivity contribution in [1.29, 1.82) is 0 Å². The Morgan fingerprint density at radius 1 is 1.24 bits per heavy atom. The number of nitrogens with zero attached hydrogens (tertiary/aromatic N) is 1. The lowest BCUT2D eigenvalue weighted by atomic mass is 9.85. The van der Waals surface area contributed by atoms with E-state index in [9.17, 15) is 4.39 Å². The molecule has 3 heteroatoms. The summed E-state index contributed by atoms with van der Waals surface area (Å²) in [6.45, 7) is 11.7. The zero-order valence-electron chi connectivity index (χ0n) is 13.8. The molecule has 21 heavy (non-hydrogen) atoms. The van der Waals surface area contributed by atoms with Crippen LogP contribution in [0.4, 0.5) is 10.1 Å². The molecule has 0 bridgehead atoms. The molecular formula is C18H29FN2. The van der Waals surface area contributed by atoms with Crippen molar-refractivity contribution in [3.05, 3.63) is 29.6 Å². The molecule has 0 aliphatic carbocycles. The first-order valence-electron chi connectivity index (χ1n) is 8.28. The van der Waals surface area contributed by atoms with Gasteiger partial charge in [-0.15, -0.1) is 0 Å². The Morgan fingerprint density at radius 2 is 2.00 bits per heavy atom. The largest absolute Gasteiger partial charge is 0.368 e. The standard InChI is InChI=1S/C18H29FN2/c1-5-6-20-11-16-8-17(19)10-18(9-16)21-12-13(2)7-14(3)15(21)4/h8-10,13-15,20H,5-7,11-12H2,1-4H3. The molecule has 2 nitrogen and oxygen atoms in total. The summed E-state index contributed by atoms with van der Waals surface area (Å²) >= 11 is 0. The molecule has 3 atom stereocenters. The smallest absolute Gasteiger partial charge is 0.125 e. The van der Waals surface area contributed by atoms with Gasteiger partial charge in [-0.1, -0.05) is 20.8 Å². The van der Waals surface area contributed by atoms with Crippen LogP contribution in [0.1, 0.15) is 46.1 Å². The van der Waals surface area contributed by atoms with Crippen LogP contribution in [-0.4, -0.2) is 19.1 Å². The van der Waals surface area contributed by atoms with Crippen LogP contribution in [0.5, 0.6) is 0 Å². The van der Waals surface area contributed by atoms with Crippen molar-refractivity contribution in [2.45, 2.75) is 53.1 Å². The fraction of sp³-hybridized carbons (Fsp3) is 0.667. The summed E-state index contributed by atoms with van der Waals surface area (Å²) in [5.41, 5.74) is 2.07. The highest BCUT2D eigenvalue weighted by atomic mass is 19.1. The fourth-order valence-corrected chi connectivity index (χ4v) is 3.37. The second-order valence-corrected chi connectivity index (χ2v) is 6.71. The van der Waals surface area contributed by atoms with Crippen molar-refractivity contribution in [1.82, 2.24) is 5.32 Å². The molecule has 1 fully saturated rings. The van der Waals surface area contributed by atoms with E-state index in [2.05, 4.69) is 44.0 Å². The van der Waals surface area contributed by atoms with Gasteiger partial charge in [-0.3, -0.25) is 0 Å². The fourth-order valence-electron chi connectivity index (χ4n) is 3.37. The van der Waals surface area contributed by atoms with Crippen molar-refractivity contribution in [2.24, 2.45) is 11.8 Å². The third-order valence-electron chi connectivity index (χ3n) is 4.63. The van der Waals surface area contributed by atoms with Crippen molar-refractivity contribution in [3.8, 4) is 0 Å². The summed E-state index contributed by atoms with van der Waals surface area (Å²) in [4.78, 5) is 2.38. The summed E-state index contributed by atoms with van der Waals surface area (Å²) in [7, 11) is 0. The number of piperidine rings is 1. The van der Waals surface area contributed by atoms with Gasteiger partial charge >= 0.3 is 0 Å². The first-order chi connectivity index (χ1) is 10.0. The third-order valence-corrected chi connectivity index (χ3v) is 4.63. The van der Waals surface area contributed by atoms with Crippen LogP contribution in [-0.2, 0) is 6.54 Å².